The Labute approximate surface area is 188 Å². The fraction of sp³-hybridized carbons (Fsp3) is 0.0833. The summed E-state index contributed by atoms with van der Waals surface area (Å²) in [5, 5.41) is 2.90. The number of nitrogens with two attached hydrogens (primary N) is 1. The highest BCUT2D eigenvalue weighted by molar-refractivity contribution is 6.33. The van der Waals surface area contributed by atoms with Crippen LogP contribution in [0.25, 0.3) is 0 Å². The first-order chi connectivity index (χ1) is 15.3. The minimum Gasteiger partial charge on any atom is -0.449 e. The Morgan fingerprint density at radius 1 is 0.906 bits per heavy atom. The Morgan fingerprint density at radius 3 is 2.19 bits per heavy atom. The van der Waals surface area contributed by atoms with E-state index in [0.29, 0.717) is 21.8 Å². The maximum Gasteiger partial charge on any atom is 0.338 e. The van der Waals surface area contributed by atoms with Gasteiger partial charge in [0.05, 0.1) is 16.3 Å². The molecule has 1 amide bonds. The molecule has 0 bridgehead atoms. The summed E-state index contributed by atoms with van der Waals surface area (Å²) in [5.74, 6) is -1.89. The molecule has 0 heterocycles. The Balaban J connectivity index is 1.49. The van der Waals surface area contributed by atoms with Gasteiger partial charge in [-0.15, -0.1) is 0 Å². The van der Waals surface area contributed by atoms with Gasteiger partial charge >= 0.3 is 5.97 Å². The molecule has 1 aliphatic carbocycles. The first-order valence-electron chi connectivity index (χ1n) is 9.65. The van der Waals surface area contributed by atoms with E-state index in [1.165, 1.54) is 43.3 Å². The van der Waals surface area contributed by atoms with Gasteiger partial charge in [0.1, 0.15) is 0 Å². The summed E-state index contributed by atoms with van der Waals surface area (Å²) in [7, 11) is 0. The highest BCUT2D eigenvalue weighted by atomic mass is 35.5. The second kappa shape index (κ2) is 8.28. The number of hydrogen-bond donors (Lipinski definition) is 2. The molecule has 0 saturated heterocycles. The zero-order chi connectivity index (χ0) is 23.0. The third kappa shape index (κ3) is 3.86. The van der Waals surface area contributed by atoms with E-state index in [0.717, 1.165) is 0 Å². The van der Waals surface area contributed by atoms with Crippen molar-refractivity contribution in [1.82, 2.24) is 0 Å². The number of hydrogen-bond acceptors (Lipinski definition) is 6. The molecule has 0 radical (unpaired) electrons. The maximum atomic E-state index is 12.8. The van der Waals surface area contributed by atoms with E-state index >= 15 is 0 Å². The molecule has 0 aliphatic heterocycles. The molecule has 3 N–H and O–H groups in total. The van der Waals surface area contributed by atoms with Crippen molar-refractivity contribution in [3.8, 4) is 0 Å². The summed E-state index contributed by atoms with van der Waals surface area (Å²) in [5.41, 5.74) is 7.50. The number of benzene rings is 3. The van der Waals surface area contributed by atoms with Crippen LogP contribution in [0.3, 0.4) is 0 Å². The van der Waals surface area contributed by atoms with Crippen molar-refractivity contribution < 1.29 is 23.9 Å². The minimum atomic E-state index is -1.13. The number of halogens is 1. The minimum absolute atomic E-state index is 0.156. The number of anilines is 2. The largest absolute Gasteiger partial charge is 0.449 e. The second-order valence-corrected chi connectivity index (χ2v) is 7.64. The average Bonchev–Trinajstić information content (AvgIpc) is 2.79. The molecule has 3 aromatic carbocycles. The molecule has 0 aromatic heterocycles. The van der Waals surface area contributed by atoms with E-state index in [9.17, 15) is 19.2 Å². The molecule has 0 spiro atoms. The number of nitrogen functional groups attached to an aromatic ring is 1. The monoisotopic (exact) mass is 448 g/mol. The summed E-state index contributed by atoms with van der Waals surface area (Å²) < 4.78 is 5.19. The number of ether oxygens (including phenoxy) is 1. The van der Waals surface area contributed by atoms with Crippen LogP contribution in [0.4, 0.5) is 11.4 Å². The first kappa shape index (κ1) is 21.3. The maximum absolute atomic E-state index is 12.8. The standard InChI is InChI=1S/C24H17ClN2O5/c1-12(32-24(31)13-6-9-19(25)20(26)10-13)23(30)27-14-7-8-17-18(11-14)22(29)16-5-3-2-4-15(16)21(17)28/h2-12H,26H2,1H3,(H,27,30). The fourth-order valence-electron chi connectivity index (χ4n) is 3.37. The summed E-state index contributed by atoms with van der Waals surface area (Å²) in [6.07, 6.45) is -1.13. The number of carbonyl (C=O) groups is 4. The average molecular weight is 449 g/mol. The van der Waals surface area contributed by atoms with E-state index in [1.54, 1.807) is 24.3 Å². The first-order valence-corrected chi connectivity index (χ1v) is 10.0. The Hall–Kier alpha value is -3.97. The molecule has 1 aliphatic rings. The van der Waals surface area contributed by atoms with Crippen molar-refractivity contribution in [3.05, 3.63) is 93.5 Å². The Bertz CT molecular complexity index is 1300. The van der Waals surface area contributed by atoms with E-state index in [-0.39, 0.29) is 33.9 Å². The van der Waals surface area contributed by atoms with Crippen molar-refractivity contribution in [2.75, 3.05) is 11.1 Å². The number of ketones is 2. The normalized spacial score (nSPS) is 13.1. The molecule has 1 unspecified atom stereocenters. The van der Waals surface area contributed by atoms with Gasteiger partial charge < -0.3 is 15.8 Å². The number of carbonyl (C=O) groups excluding carboxylic acids is 4. The second-order valence-electron chi connectivity index (χ2n) is 7.24. The van der Waals surface area contributed by atoms with Crippen LogP contribution in [0.15, 0.2) is 60.7 Å². The lowest BCUT2D eigenvalue weighted by atomic mass is 9.84. The molecular formula is C24H17ClN2O5. The quantitative estimate of drug-likeness (QED) is 0.361. The molecular weight excluding hydrogens is 432 g/mol. The number of esters is 1. The number of fused-ring (bicyclic) bond motifs is 2. The number of nitrogens with one attached hydrogen (secondary N) is 1. The number of amides is 1. The van der Waals surface area contributed by atoms with Gasteiger partial charge in [-0.25, -0.2) is 4.79 Å². The lowest BCUT2D eigenvalue weighted by molar-refractivity contribution is -0.123. The van der Waals surface area contributed by atoms with E-state index in [4.69, 9.17) is 22.1 Å². The van der Waals surface area contributed by atoms with E-state index < -0.39 is 18.0 Å². The molecule has 4 rings (SSSR count). The molecule has 0 saturated carbocycles. The van der Waals surface area contributed by atoms with Crippen molar-refractivity contribution in [1.29, 1.82) is 0 Å². The molecule has 8 heteroatoms. The van der Waals surface area contributed by atoms with Crippen LogP contribution >= 0.6 is 11.6 Å². The Morgan fingerprint density at radius 2 is 1.53 bits per heavy atom. The summed E-state index contributed by atoms with van der Waals surface area (Å²) >= 11 is 5.84. The zero-order valence-electron chi connectivity index (χ0n) is 16.8. The topological polar surface area (TPSA) is 116 Å². The molecule has 3 aromatic rings. The molecule has 32 heavy (non-hydrogen) atoms. The van der Waals surface area contributed by atoms with Crippen LogP contribution in [0, 0.1) is 0 Å². The summed E-state index contributed by atoms with van der Waals surface area (Å²) in [6, 6.07) is 15.3. The van der Waals surface area contributed by atoms with Gasteiger partial charge in [0.2, 0.25) is 0 Å². The fourth-order valence-corrected chi connectivity index (χ4v) is 3.49. The molecule has 1 atom stereocenters. The van der Waals surface area contributed by atoms with Gasteiger partial charge in [0, 0.05) is 27.9 Å². The Kier molecular flexibility index (Phi) is 5.50. The van der Waals surface area contributed by atoms with Crippen LogP contribution in [0.5, 0.6) is 0 Å². The van der Waals surface area contributed by atoms with Crippen molar-refractivity contribution in [3.63, 3.8) is 0 Å². The van der Waals surface area contributed by atoms with Gasteiger partial charge in [0.25, 0.3) is 5.91 Å². The lowest BCUT2D eigenvalue weighted by Gasteiger charge is -2.19. The smallest absolute Gasteiger partial charge is 0.338 e. The van der Waals surface area contributed by atoms with Crippen molar-refractivity contribution in [2.24, 2.45) is 0 Å². The van der Waals surface area contributed by atoms with Crippen molar-refractivity contribution >= 4 is 46.4 Å². The zero-order valence-corrected chi connectivity index (χ0v) is 17.6. The number of rotatable bonds is 4. The molecule has 160 valence electrons. The van der Waals surface area contributed by atoms with Gasteiger partial charge in [0.15, 0.2) is 17.7 Å². The van der Waals surface area contributed by atoms with E-state index in [1.807, 2.05) is 0 Å². The van der Waals surface area contributed by atoms with Gasteiger partial charge in [-0.3, -0.25) is 14.4 Å². The van der Waals surface area contributed by atoms with Crippen LogP contribution in [0.1, 0.15) is 49.1 Å². The lowest BCUT2D eigenvalue weighted by Crippen LogP contribution is -2.30. The summed E-state index contributed by atoms with van der Waals surface area (Å²) in [6.45, 7) is 1.41. The highest BCUT2D eigenvalue weighted by Gasteiger charge is 2.29. The third-order valence-electron chi connectivity index (χ3n) is 5.08. The van der Waals surface area contributed by atoms with Crippen LogP contribution in [0.2, 0.25) is 5.02 Å². The van der Waals surface area contributed by atoms with Crippen LogP contribution in [-0.2, 0) is 9.53 Å². The van der Waals surface area contributed by atoms with Crippen LogP contribution < -0.4 is 11.1 Å². The molecule has 0 fully saturated rings. The van der Waals surface area contributed by atoms with Crippen molar-refractivity contribution in [2.45, 2.75) is 13.0 Å². The van der Waals surface area contributed by atoms with Gasteiger partial charge in [-0.1, -0.05) is 35.9 Å². The van der Waals surface area contributed by atoms with Crippen LogP contribution in [-0.4, -0.2) is 29.5 Å². The molecule has 7 nitrogen and oxygen atoms in total. The SMILES string of the molecule is CC(OC(=O)c1ccc(Cl)c(N)c1)C(=O)Nc1ccc2c(c1)C(=O)c1ccccc1C2=O. The predicted molar refractivity (Wildman–Crippen MR) is 119 cm³/mol. The predicted octanol–water partition coefficient (Wildman–Crippen LogP) is 3.88. The third-order valence-corrected chi connectivity index (χ3v) is 5.42. The van der Waals surface area contributed by atoms with Gasteiger partial charge in [-0.2, -0.15) is 0 Å². The van der Waals surface area contributed by atoms with Gasteiger partial charge in [-0.05, 0) is 43.3 Å². The van der Waals surface area contributed by atoms with E-state index in [2.05, 4.69) is 5.32 Å². The highest BCUT2D eigenvalue weighted by Crippen LogP contribution is 2.29. The summed E-state index contributed by atoms with van der Waals surface area (Å²) in [4.78, 5) is 50.3.